The second-order valence-electron chi connectivity index (χ2n) is 7.82. The van der Waals surface area contributed by atoms with Gasteiger partial charge in [-0.2, -0.15) is 0 Å². The van der Waals surface area contributed by atoms with Gasteiger partial charge in [-0.3, -0.25) is 19.9 Å². The van der Waals surface area contributed by atoms with E-state index in [1.807, 2.05) is 17.1 Å². The molecule has 3 aliphatic rings. The fraction of sp³-hybridized carbons (Fsp3) is 0.304. The van der Waals surface area contributed by atoms with Crippen LogP contribution in [0.5, 0.6) is 5.75 Å². The molecule has 1 aromatic rings. The summed E-state index contributed by atoms with van der Waals surface area (Å²) in [6, 6.07) is 4.66. The molecule has 0 saturated carbocycles. The summed E-state index contributed by atoms with van der Waals surface area (Å²) in [5, 5.41) is 4.89. The van der Waals surface area contributed by atoms with Crippen molar-refractivity contribution in [1.82, 2.24) is 15.5 Å². The van der Waals surface area contributed by atoms with Crippen LogP contribution in [0, 0.1) is 17.8 Å². The normalized spacial score (nSPS) is 24.4. The van der Waals surface area contributed by atoms with Gasteiger partial charge in [0.25, 0.3) is 11.8 Å². The molecule has 1 unspecified atom stereocenters. The molecule has 9 heteroatoms. The Bertz CT molecular complexity index is 1160. The fourth-order valence-electron chi connectivity index (χ4n) is 3.83. The zero-order chi connectivity index (χ0) is 22.9. The van der Waals surface area contributed by atoms with Crippen molar-refractivity contribution in [2.75, 3.05) is 13.7 Å². The highest BCUT2D eigenvalue weighted by atomic mass is 127. The van der Waals surface area contributed by atoms with Gasteiger partial charge in [0.1, 0.15) is 5.75 Å². The monoisotopic (exact) mass is 544 g/mol. The van der Waals surface area contributed by atoms with Gasteiger partial charge in [-0.1, -0.05) is 40.5 Å². The zero-order valence-electron chi connectivity index (χ0n) is 17.6. The van der Waals surface area contributed by atoms with E-state index in [9.17, 15) is 14.4 Å². The van der Waals surface area contributed by atoms with E-state index in [-0.39, 0.29) is 18.4 Å². The van der Waals surface area contributed by atoms with Crippen molar-refractivity contribution in [2.45, 2.75) is 25.4 Å². The topological polar surface area (TPSA) is 100 Å². The smallest absolute Gasteiger partial charge is 0.323 e. The first-order valence-corrected chi connectivity index (χ1v) is 11.2. The lowest BCUT2D eigenvalue weighted by atomic mass is 9.93. The molecule has 0 spiro atoms. The average Bonchev–Trinajstić information content (AvgIpc) is 3.26. The third kappa shape index (κ3) is 4.14. The first-order valence-electron chi connectivity index (χ1n) is 9.97. The zero-order valence-corrected chi connectivity index (χ0v) is 19.7. The molecule has 3 heterocycles. The maximum absolute atomic E-state index is 13.0. The molecule has 1 fully saturated rings. The number of amides is 4. The van der Waals surface area contributed by atoms with E-state index in [2.05, 4.69) is 50.1 Å². The highest BCUT2D eigenvalue weighted by Gasteiger charge is 2.48. The molecule has 3 aliphatic heterocycles. The Hall–Kier alpha value is -3.13. The Kier molecular flexibility index (Phi) is 6.06. The summed E-state index contributed by atoms with van der Waals surface area (Å²) in [5.41, 5.74) is 2.00. The van der Waals surface area contributed by atoms with E-state index >= 15 is 0 Å². The number of methoxy groups -OCH3 is 1. The maximum atomic E-state index is 13.0. The van der Waals surface area contributed by atoms with E-state index in [4.69, 9.17) is 4.74 Å². The number of rotatable bonds is 4. The van der Waals surface area contributed by atoms with Gasteiger partial charge in [-0.25, -0.2) is 4.79 Å². The van der Waals surface area contributed by atoms with Gasteiger partial charge in [-0.15, -0.1) is 0 Å². The van der Waals surface area contributed by atoms with Gasteiger partial charge in [0.2, 0.25) is 0 Å². The highest BCUT2D eigenvalue weighted by molar-refractivity contribution is 14.1. The number of hydrogen-bond acceptors (Lipinski definition) is 5. The molecule has 2 N–H and O–H groups in total. The summed E-state index contributed by atoms with van der Waals surface area (Å²) in [6.07, 6.45) is 4.18. The Morgan fingerprint density at radius 2 is 2.22 bits per heavy atom. The van der Waals surface area contributed by atoms with E-state index in [0.29, 0.717) is 24.3 Å². The van der Waals surface area contributed by atoms with Crippen molar-refractivity contribution in [1.29, 1.82) is 0 Å². The fourth-order valence-corrected chi connectivity index (χ4v) is 4.23. The Morgan fingerprint density at radius 1 is 1.41 bits per heavy atom. The molecule has 4 rings (SSSR count). The van der Waals surface area contributed by atoms with Crippen molar-refractivity contribution < 1.29 is 19.1 Å². The van der Waals surface area contributed by atoms with Crippen LogP contribution in [0.2, 0.25) is 0 Å². The van der Waals surface area contributed by atoms with Gasteiger partial charge >= 0.3 is 6.03 Å². The largest absolute Gasteiger partial charge is 0.497 e. The third-order valence-electron chi connectivity index (χ3n) is 5.64. The number of hydrogen-bond donors (Lipinski definition) is 2. The number of nitrogens with one attached hydrogen (secondary N) is 2. The van der Waals surface area contributed by atoms with Crippen LogP contribution in [-0.2, 0) is 11.3 Å². The third-order valence-corrected chi connectivity index (χ3v) is 6.58. The number of benzene rings is 1. The molecule has 1 saturated heterocycles. The molecule has 2 atom stereocenters. The van der Waals surface area contributed by atoms with E-state index in [0.717, 1.165) is 16.7 Å². The summed E-state index contributed by atoms with van der Waals surface area (Å²) in [5.74, 6) is 5.63. The van der Waals surface area contributed by atoms with Crippen molar-refractivity contribution in [3.63, 3.8) is 0 Å². The Morgan fingerprint density at radius 3 is 2.91 bits per heavy atom. The predicted octanol–water partition coefficient (Wildman–Crippen LogP) is 2.55. The number of halogens is 1. The number of imide groups is 1. The lowest BCUT2D eigenvalue weighted by molar-refractivity contribution is -0.122. The Balaban J connectivity index is 1.59. The number of aliphatic imine (C=N–C) groups is 1. The van der Waals surface area contributed by atoms with E-state index in [1.165, 1.54) is 12.0 Å². The van der Waals surface area contributed by atoms with Crippen LogP contribution in [0.3, 0.4) is 0 Å². The number of carbonyl (C=O) groups is 3. The summed E-state index contributed by atoms with van der Waals surface area (Å²) < 4.78 is 7.19. The van der Waals surface area contributed by atoms with Crippen LogP contribution in [0.25, 0.3) is 0 Å². The van der Waals surface area contributed by atoms with Crippen LogP contribution < -0.4 is 15.4 Å². The lowest BCUT2D eigenvalue weighted by Gasteiger charge is -2.26. The molecular formula is C23H21IN4O4. The number of urea groups is 1. The number of fused-ring (bicyclic) bond motifs is 1. The average molecular weight is 544 g/mol. The van der Waals surface area contributed by atoms with Gasteiger partial charge < -0.3 is 15.0 Å². The van der Waals surface area contributed by atoms with Gasteiger partial charge in [-0.05, 0) is 46.3 Å². The number of nitrogens with zero attached hydrogens (tertiary/aromatic N) is 2. The summed E-state index contributed by atoms with van der Waals surface area (Å²) >= 11 is 2.18. The minimum Gasteiger partial charge on any atom is -0.497 e. The minimum atomic E-state index is -1.53. The lowest BCUT2D eigenvalue weighted by Crippen LogP contribution is -2.54. The standard InChI is InChI=1S/C23H21IN4O4/c1-14(9-24)17-7-15(10-25-11-17)5-6-23(21(30)26-22(31)27-23)13-28-12-16-3-4-18(32-2)8-19(16)20(28)29/h3-4,8-11,15H,7,12-13H2,1-2H3,(H2,26,27,30,31)/b14-9+/t15?,23-/m1/s1. The highest BCUT2D eigenvalue weighted by Crippen LogP contribution is 2.29. The van der Waals surface area contributed by atoms with Crippen molar-refractivity contribution in [3.05, 3.63) is 50.8 Å². The summed E-state index contributed by atoms with van der Waals surface area (Å²) in [6.45, 7) is 2.26. The molecule has 0 bridgehead atoms. The van der Waals surface area contributed by atoms with E-state index in [1.54, 1.807) is 24.5 Å². The number of ether oxygens (including phenoxy) is 1. The van der Waals surface area contributed by atoms with Gasteiger partial charge in [0.15, 0.2) is 5.54 Å². The molecule has 4 amide bonds. The number of carbonyl (C=O) groups excluding carboxylic acids is 3. The Labute approximate surface area is 199 Å². The molecule has 0 radical (unpaired) electrons. The summed E-state index contributed by atoms with van der Waals surface area (Å²) in [4.78, 5) is 43.5. The van der Waals surface area contributed by atoms with E-state index < -0.39 is 17.5 Å². The first kappa shape index (κ1) is 22.1. The first-order chi connectivity index (χ1) is 15.3. The van der Waals surface area contributed by atoms with Crippen LogP contribution in [0.4, 0.5) is 4.79 Å². The molecule has 164 valence electrons. The minimum absolute atomic E-state index is 0.0629. The maximum Gasteiger partial charge on any atom is 0.323 e. The van der Waals surface area contributed by atoms with Gasteiger partial charge in [0, 0.05) is 24.5 Å². The second kappa shape index (κ2) is 8.78. The van der Waals surface area contributed by atoms with Gasteiger partial charge in [0.05, 0.1) is 19.6 Å². The molecular weight excluding hydrogens is 523 g/mol. The second-order valence-corrected chi connectivity index (χ2v) is 8.45. The molecule has 8 nitrogen and oxygen atoms in total. The molecule has 1 aromatic carbocycles. The number of allylic oxidation sites excluding steroid dienone is 2. The van der Waals surface area contributed by atoms with Crippen molar-refractivity contribution >= 4 is 46.7 Å². The molecule has 0 aromatic heterocycles. The predicted molar refractivity (Wildman–Crippen MR) is 127 cm³/mol. The molecule has 0 aliphatic carbocycles. The SMILES string of the molecule is COc1ccc2c(c1)C(=O)N(C[C@@]1(C#CC3C=NC=C(/C(C)=C/I)C3)NC(=O)NC1=O)C2. The van der Waals surface area contributed by atoms with Crippen molar-refractivity contribution in [2.24, 2.45) is 10.9 Å². The van der Waals surface area contributed by atoms with Crippen LogP contribution in [-0.4, -0.2) is 48.2 Å². The quantitative estimate of drug-likeness (QED) is 0.346. The van der Waals surface area contributed by atoms with Crippen LogP contribution in [0.1, 0.15) is 29.3 Å². The van der Waals surface area contributed by atoms with Crippen molar-refractivity contribution in [3.8, 4) is 17.6 Å². The van der Waals surface area contributed by atoms with Crippen LogP contribution in [0.15, 0.2) is 44.6 Å². The van der Waals surface area contributed by atoms with Crippen LogP contribution >= 0.6 is 22.6 Å². The summed E-state index contributed by atoms with van der Waals surface area (Å²) in [7, 11) is 1.54. The molecule has 32 heavy (non-hydrogen) atoms.